The van der Waals surface area contributed by atoms with Gasteiger partial charge < -0.3 is 9.64 Å². The molecule has 2 saturated heterocycles. The third-order valence-electron chi connectivity index (χ3n) is 7.37. The van der Waals surface area contributed by atoms with Crippen LogP contribution in [-0.4, -0.2) is 60.3 Å². The molecule has 1 atom stereocenters. The van der Waals surface area contributed by atoms with Crippen LogP contribution in [0.4, 0.5) is 0 Å². The van der Waals surface area contributed by atoms with Gasteiger partial charge in [0, 0.05) is 44.1 Å². The molecule has 1 aromatic heterocycles. The van der Waals surface area contributed by atoms with Crippen molar-refractivity contribution in [1.82, 2.24) is 14.2 Å². The van der Waals surface area contributed by atoms with Crippen LogP contribution in [0.2, 0.25) is 0 Å². The lowest BCUT2D eigenvalue weighted by molar-refractivity contribution is 0.0595. The average molecular weight is 528 g/mol. The molecule has 0 N–H and O–H groups in total. The highest BCUT2D eigenvalue weighted by atomic mass is 32.2. The van der Waals surface area contributed by atoms with Crippen molar-refractivity contribution < 1.29 is 17.9 Å². The molecule has 2 aromatic carbocycles. The third-order valence-corrected chi connectivity index (χ3v) is 10.5. The summed E-state index contributed by atoms with van der Waals surface area (Å²) in [7, 11) is -3.54. The van der Waals surface area contributed by atoms with Crippen LogP contribution in [0.15, 0.2) is 41.3 Å². The number of amides is 1. The predicted octanol–water partition coefficient (Wildman–Crippen LogP) is 5.16. The van der Waals surface area contributed by atoms with Crippen molar-refractivity contribution >= 4 is 37.5 Å². The number of hydrogen-bond acceptors (Lipinski definition) is 6. The first-order valence-corrected chi connectivity index (χ1v) is 14.9. The second kappa shape index (κ2) is 10.1. The largest absolute Gasteiger partial charge is 0.467 e. The van der Waals surface area contributed by atoms with Gasteiger partial charge in [0.2, 0.25) is 10.0 Å². The summed E-state index contributed by atoms with van der Waals surface area (Å²) in [6, 6.07) is 10.6. The van der Waals surface area contributed by atoms with Gasteiger partial charge in [0.25, 0.3) is 11.1 Å². The van der Waals surface area contributed by atoms with E-state index < -0.39 is 10.0 Å². The average Bonchev–Trinajstić information content (AvgIpc) is 3.32. The van der Waals surface area contributed by atoms with Gasteiger partial charge in [-0.2, -0.15) is 4.31 Å². The summed E-state index contributed by atoms with van der Waals surface area (Å²) in [5.41, 5.74) is 3.86. The minimum absolute atomic E-state index is 0.00406. The number of fused-ring (bicyclic) bond motifs is 1. The molecule has 36 heavy (non-hydrogen) atoms. The Labute approximate surface area is 217 Å². The van der Waals surface area contributed by atoms with E-state index in [1.54, 1.807) is 39.9 Å². The Kier molecular flexibility index (Phi) is 7.07. The second-order valence-electron chi connectivity index (χ2n) is 9.95. The van der Waals surface area contributed by atoms with Crippen molar-refractivity contribution in [2.75, 3.05) is 19.6 Å². The number of sulfonamides is 1. The van der Waals surface area contributed by atoms with E-state index in [1.165, 1.54) is 5.56 Å². The number of aromatic nitrogens is 1. The molecule has 3 heterocycles. The van der Waals surface area contributed by atoms with Crippen molar-refractivity contribution in [1.29, 1.82) is 0 Å². The zero-order chi connectivity index (χ0) is 25.4. The first-order chi connectivity index (χ1) is 17.2. The van der Waals surface area contributed by atoms with E-state index in [4.69, 9.17) is 9.72 Å². The fraction of sp³-hybridized carbons (Fsp3) is 0.481. The van der Waals surface area contributed by atoms with Crippen molar-refractivity contribution in [2.45, 2.75) is 69.9 Å². The molecule has 0 radical (unpaired) electrons. The number of carbonyl (C=O) groups excluding carboxylic acids is 1. The van der Waals surface area contributed by atoms with Crippen LogP contribution in [0.3, 0.4) is 0 Å². The molecule has 192 valence electrons. The Morgan fingerprint density at radius 2 is 1.67 bits per heavy atom. The normalized spacial score (nSPS) is 20.1. The Bertz CT molecular complexity index is 1320. The maximum atomic E-state index is 13.1. The fourth-order valence-electron chi connectivity index (χ4n) is 5.13. The number of benzene rings is 2. The summed E-state index contributed by atoms with van der Waals surface area (Å²) in [6.07, 6.45) is 4.32. The molecular weight excluding hydrogens is 494 g/mol. The molecule has 2 aliphatic rings. The number of likely N-dealkylation sites (tertiary alicyclic amines) is 1. The topological polar surface area (TPSA) is 79.8 Å². The van der Waals surface area contributed by atoms with E-state index >= 15 is 0 Å². The van der Waals surface area contributed by atoms with Gasteiger partial charge in [-0.15, -0.1) is 0 Å². The fourth-order valence-corrected chi connectivity index (χ4v) is 7.85. The third kappa shape index (κ3) is 4.88. The van der Waals surface area contributed by atoms with Crippen molar-refractivity contribution in [2.24, 2.45) is 0 Å². The Morgan fingerprint density at radius 3 is 2.33 bits per heavy atom. The summed E-state index contributed by atoms with van der Waals surface area (Å²) >= 11 is 1.58. The first kappa shape index (κ1) is 25.2. The summed E-state index contributed by atoms with van der Waals surface area (Å²) < 4.78 is 35.1. The van der Waals surface area contributed by atoms with E-state index in [0.717, 1.165) is 47.9 Å². The molecule has 2 aliphatic heterocycles. The standard InChI is InChI=1S/C27H33N3O4S2/c1-18-7-8-19(2)25-24(18)28-27(35-25)34-22-13-16-29(17-14-22)26(31)21-9-11-23(12-10-21)36(32,33)30-15-5-4-6-20(30)3/h7-12,20,22H,4-6,13-17H2,1-3H3. The Hall–Kier alpha value is -2.49. The Balaban J connectivity index is 1.20. The van der Waals surface area contributed by atoms with Crippen molar-refractivity contribution in [3.63, 3.8) is 0 Å². The monoisotopic (exact) mass is 527 g/mol. The highest BCUT2D eigenvalue weighted by Crippen LogP contribution is 2.34. The van der Waals surface area contributed by atoms with Gasteiger partial charge in [-0.3, -0.25) is 4.79 Å². The van der Waals surface area contributed by atoms with Gasteiger partial charge in [-0.1, -0.05) is 29.9 Å². The van der Waals surface area contributed by atoms with Gasteiger partial charge in [-0.05, 0) is 69.0 Å². The van der Waals surface area contributed by atoms with Crippen molar-refractivity contribution in [3.8, 4) is 5.19 Å². The first-order valence-electron chi connectivity index (χ1n) is 12.7. The summed E-state index contributed by atoms with van der Waals surface area (Å²) in [6.45, 7) is 7.85. The number of carbonyl (C=O) groups is 1. The lowest BCUT2D eigenvalue weighted by atomic mass is 10.1. The number of ether oxygens (including phenoxy) is 1. The highest BCUT2D eigenvalue weighted by molar-refractivity contribution is 7.89. The molecule has 1 amide bonds. The lowest BCUT2D eigenvalue weighted by Crippen LogP contribution is -2.42. The van der Waals surface area contributed by atoms with Gasteiger partial charge in [0.15, 0.2) is 0 Å². The minimum Gasteiger partial charge on any atom is -0.467 e. The van der Waals surface area contributed by atoms with Crippen molar-refractivity contribution in [3.05, 3.63) is 53.1 Å². The van der Waals surface area contributed by atoms with Crippen LogP contribution in [0, 0.1) is 13.8 Å². The molecule has 5 rings (SSSR count). The van der Waals surface area contributed by atoms with Crippen LogP contribution >= 0.6 is 11.3 Å². The zero-order valence-electron chi connectivity index (χ0n) is 21.1. The Morgan fingerprint density at radius 1 is 0.972 bits per heavy atom. The van der Waals surface area contributed by atoms with Gasteiger partial charge in [-0.25, -0.2) is 13.4 Å². The second-order valence-corrected chi connectivity index (χ2v) is 12.8. The number of thiazole rings is 1. The summed E-state index contributed by atoms with van der Waals surface area (Å²) in [4.78, 5) is 19.9. The number of aryl methyl sites for hydroxylation is 2. The molecule has 2 fully saturated rings. The van der Waals surface area contributed by atoms with E-state index in [1.807, 2.05) is 11.8 Å². The van der Waals surface area contributed by atoms with Gasteiger partial charge >= 0.3 is 0 Å². The number of piperidine rings is 2. The van der Waals surface area contributed by atoms with Crippen LogP contribution in [-0.2, 0) is 10.0 Å². The van der Waals surface area contributed by atoms with E-state index in [9.17, 15) is 13.2 Å². The van der Waals surface area contributed by atoms with Crippen LogP contribution in [0.5, 0.6) is 5.19 Å². The minimum atomic E-state index is -3.54. The molecule has 0 spiro atoms. The summed E-state index contributed by atoms with van der Waals surface area (Å²) in [5, 5.41) is 0.687. The number of rotatable bonds is 5. The molecule has 0 saturated carbocycles. The quantitative estimate of drug-likeness (QED) is 0.458. The SMILES string of the molecule is Cc1ccc(C)c2sc(OC3CCN(C(=O)c4ccc(S(=O)(=O)N5CCCCC5C)cc4)CC3)nc12. The van der Waals surface area contributed by atoms with Gasteiger partial charge in [0.1, 0.15) is 6.10 Å². The highest BCUT2D eigenvalue weighted by Gasteiger charge is 2.31. The molecule has 1 unspecified atom stereocenters. The van der Waals surface area contributed by atoms with Crippen LogP contribution in [0.1, 0.15) is 60.5 Å². The van der Waals surface area contributed by atoms with E-state index in [0.29, 0.717) is 30.4 Å². The molecule has 0 bridgehead atoms. The maximum Gasteiger partial charge on any atom is 0.274 e. The lowest BCUT2D eigenvalue weighted by Gasteiger charge is -2.32. The van der Waals surface area contributed by atoms with E-state index in [-0.39, 0.29) is 22.9 Å². The van der Waals surface area contributed by atoms with E-state index in [2.05, 4.69) is 26.0 Å². The molecule has 3 aromatic rings. The molecule has 9 heteroatoms. The molecule has 0 aliphatic carbocycles. The maximum absolute atomic E-state index is 13.1. The molecule has 7 nitrogen and oxygen atoms in total. The number of hydrogen-bond donors (Lipinski definition) is 0. The smallest absolute Gasteiger partial charge is 0.274 e. The molecular formula is C27H33N3O4S2. The number of nitrogens with zero attached hydrogens (tertiary/aromatic N) is 3. The van der Waals surface area contributed by atoms with Crippen LogP contribution in [0.25, 0.3) is 10.2 Å². The van der Waals surface area contributed by atoms with Gasteiger partial charge in [0.05, 0.1) is 15.1 Å². The zero-order valence-corrected chi connectivity index (χ0v) is 22.7. The van der Waals surface area contributed by atoms with Crippen LogP contribution < -0.4 is 4.74 Å². The summed E-state index contributed by atoms with van der Waals surface area (Å²) in [5.74, 6) is -0.0741. The predicted molar refractivity (Wildman–Crippen MR) is 142 cm³/mol.